The van der Waals surface area contributed by atoms with Crippen LogP contribution < -0.4 is 11.6 Å². The minimum absolute atomic E-state index is 0.0219. The largest absolute Gasteiger partial charge is 0.314 e. The Morgan fingerprint density at radius 2 is 2.20 bits per heavy atom. The Morgan fingerprint density at radius 1 is 1.50 bits per heavy atom. The first kappa shape index (κ1) is 7.94. The summed E-state index contributed by atoms with van der Waals surface area (Å²) in [5.74, 6) is 5.58. The zero-order chi connectivity index (χ0) is 7.56. The molecule has 60 valence electrons. The van der Waals surface area contributed by atoms with Crippen LogP contribution in [0.3, 0.4) is 0 Å². The van der Waals surface area contributed by atoms with Gasteiger partial charge >= 0.3 is 0 Å². The molecule has 0 bridgehead atoms. The monoisotopic (exact) mass is 144 g/mol. The van der Waals surface area contributed by atoms with Crippen LogP contribution in [0.25, 0.3) is 0 Å². The molecule has 0 amide bonds. The van der Waals surface area contributed by atoms with Crippen LogP contribution in [-0.2, 0) is 0 Å². The van der Waals surface area contributed by atoms with Gasteiger partial charge in [-0.05, 0) is 6.54 Å². The average Bonchev–Trinajstić information content (AvgIpc) is 1.95. The molecule has 1 aliphatic heterocycles. The lowest BCUT2D eigenvalue weighted by molar-refractivity contribution is 0.0813. The fourth-order valence-electron chi connectivity index (χ4n) is 1.17. The topological polar surface area (TPSA) is 58.5 Å². The summed E-state index contributed by atoms with van der Waals surface area (Å²) in [4.78, 5) is 2.30. The maximum atomic E-state index is 5.70. The van der Waals surface area contributed by atoms with Gasteiger partial charge in [-0.15, -0.1) is 0 Å². The minimum atomic E-state index is 0.0219. The highest BCUT2D eigenvalue weighted by Crippen LogP contribution is 1.99. The first-order valence-corrected chi connectivity index (χ1v) is 3.73. The van der Waals surface area contributed by atoms with Crippen LogP contribution in [0.1, 0.15) is 6.92 Å². The quantitative estimate of drug-likeness (QED) is 0.453. The van der Waals surface area contributed by atoms with Crippen LogP contribution in [0.5, 0.6) is 0 Å². The van der Waals surface area contributed by atoms with E-state index in [1.165, 1.54) is 0 Å². The normalized spacial score (nSPS) is 30.9. The van der Waals surface area contributed by atoms with E-state index < -0.39 is 0 Å². The molecule has 1 saturated heterocycles. The van der Waals surface area contributed by atoms with Gasteiger partial charge in [-0.2, -0.15) is 0 Å². The molecule has 10 heavy (non-hydrogen) atoms. The highest BCUT2D eigenvalue weighted by molar-refractivity contribution is 4.73. The predicted molar refractivity (Wildman–Crippen MR) is 41.0 cm³/mol. The van der Waals surface area contributed by atoms with Gasteiger partial charge in [0, 0.05) is 19.6 Å². The Bertz CT molecular complexity index is 106. The van der Waals surface area contributed by atoms with Gasteiger partial charge in [-0.25, -0.2) is 5.01 Å². The summed E-state index contributed by atoms with van der Waals surface area (Å²) in [5.41, 5.74) is 5.70. The van der Waals surface area contributed by atoms with Gasteiger partial charge in [0.2, 0.25) is 0 Å². The van der Waals surface area contributed by atoms with E-state index in [0.29, 0.717) is 0 Å². The van der Waals surface area contributed by atoms with E-state index in [1.807, 2.05) is 0 Å². The van der Waals surface area contributed by atoms with Crippen molar-refractivity contribution in [2.75, 3.05) is 26.2 Å². The lowest BCUT2D eigenvalue weighted by Gasteiger charge is -2.36. The molecular formula is C6H16N4. The molecule has 4 nitrogen and oxygen atoms in total. The van der Waals surface area contributed by atoms with Gasteiger partial charge in [0.25, 0.3) is 0 Å². The Morgan fingerprint density at radius 3 is 2.70 bits per heavy atom. The molecule has 4 heteroatoms. The first-order chi connectivity index (χ1) is 4.74. The molecule has 4 N–H and O–H groups in total. The number of piperazine rings is 1. The Kier molecular flexibility index (Phi) is 2.62. The molecule has 1 aliphatic rings. The Balaban J connectivity index is 2.33. The Hall–Kier alpha value is -0.160. The van der Waals surface area contributed by atoms with E-state index >= 15 is 0 Å². The molecule has 0 radical (unpaired) electrons. The highest BCUT2D eigenvalue weighted by Gasteiger charge is 2.19. The van der Waals surface area contributed by atoms with Crippen molar-refractivity contribution < 1.29 is 0 Å². The van der Waals surface area contributed by atoms with Crippen molar-refractivity contribution in [3.05, 3.63) is 0 Å². The van der Waals surface area contributed by atoms with E-state index in [-0.39, 0.29) is 6.17 Å². The van der Waals surface area contributed by atoms with E-state index in [0.717, 1.165) is 26.2 Å². The number of rotatable bonds is 1. The van der Waals surface area contributed by atoms with Crippen LogP contribution in [0.2, 0.25) is 0 Å². The standard InChI is InChI=1S/C6H16N4/c1-2-9-3-4-10(8)6(7)5-9/h6H,2-5,7-8H2,1H3. The third-order valence-electron chi connectivity index (χ3n) is 1.99. The van der Waals surface area contributed by atoms with Crippen LogP contribution in [0.15, 0.2) is 0 Å². The molecule has 1 unspecified atom stereocenters. The smallest absolute Gasteiger partial charge is 0.0834 e. The van der Waals surface area contributed by atoms with Crippen molar-refractivity contribution in [1.29, 1.82) is 0 Å². The van der Waals surface area contributed by atoms with Gasteiger partial charge in [0.1, 0.15) is 0 Å². The zero-order valence-corrected chi connectivity index (χ0v) is 6.45. The number of likely N-dealkylation sites (N-methyl/N-ethyl adjacent to an activating group) is 1. The van der Waals surface area contributed by atoms with Crippen molar-refractivity contribution in [3.63, 3.8) is 0 Å². The molecule has 0 spiro atoms. The van der Waals surface area contributed by atoms with Crippen molar-refractivity contribution >= 4 is 0 Å². The fraction of sp³-hybridized carbons (Fsp3) is 1.00. The number of hydrogen-bond acceptors (Lipinski definition) is 4. The van der Waals surface area contributed by atoms with E-state index in [4.69, 9.17) is 11.6 Å². The molecule has 1 heterocycles. The first-order valence-electron chi connectivity index (χ1n) is 3.73. The number of hydrogen-bond donors (Lipinski definition) is 2. The number of nitrogens with zero attached hydrogens (tertiary/aromatic N) is 2. The third kappa shape index (κ3) is 1.67. The van der Waals surface area contributed by atoms with Crippen molar-refractivity contribution in [1.82, 2.24) is 9.91 Å². The summed E-state index contributed by atoms with van der Waals surface area (Å²) >= 11 is 0. The maximum Gasteiger partial charge on any atom is 0.0834 e. The van der Waals surface area contributed by atoms with Gasteiger partial charge in [-0.3, -0.25) is 10.7 Å². The summed E-state index contributed by atoms with van der Waals surface area (Å²) < 4.78 is 0. The maximum absolute atomic E-state index is 5.70. The van der Waals surface area contributed by atoms with Crippen LogP contribution in [0.4, 0.5) is 0 Å². The molecular weight excluding hydrogens is 128 g/mol. The van der Waals surface area contributed by atoms with E-state index in [1.54, 1.807) is 5.01 Å². The van der Waals surface area contributed by atoms with Crippen LogP contribution in [0, 0.1) is 0 Å². The van der Waals surface area contributed by atoms with Gasteiger partial charge in [0.05, 0.1) is 6.17 Å². The van der Waals surface area contributed by atoms with E-state index in [2.05, 4.69) is 11.8 Å². The van der Waals surface area contributed by atoms with Crippen molar-refractivity contribution in [3.8, 4) is 0 Å². The lowest BCUT2D eigenvalue weighted by Crippen LogP contribution is -2.59. The van der Waals surface area contributed by atoms with Crippen LogP contribution in [-0.4, -0.2) is 42.3 Å². The summed E-state index contributed by atoms with van der Waals surface area (Å²) in [6.45, 7) is 6.03. The zero-order valence-electron chi connectivity index (χ0n) is 6.45. The van der Waals surface area contributed by atoms with Gasteiger partial charge in [0.15, 0.2) is 0 Å². The highest BCUT2D eigenvalue weighted by atomic mass is 15.5. The lowest BCUT2D eigenvalue weighted by atomic mass is 10.3. The minimum Gasteiger partial charge on any atom is -0.314 e. The summed E-state index contributed by atoms with van der Waals surface area (Å²) in [6, 6.07) is 0. The van der Waals surface area contributed by atoms with Crippen molar-refractivity contribution in [2.24, 2.45) is 11.6 Å². The molecule has 0 aromatic heterocycles. The molecule has 0 aromatic rings. The average molecular weight is 144 g/mol. The second kappa shape index (κ2) is 3.30. The summed E-state index contributed by atoms with van der Waals surface area (Å²) in [5, 5.41) is 1.70. The number of nitrogens with two attached hydrogens (primary N) is 2. The van der Waals surface area contributed by atoms with E-state index in [9.17, 15) is 0 Å². The second-order valence-electron chi connectivity index (χ2n) is 2.70. The fourth-order valence-corrected chi connectivity index (χ4v) is 1.17. The summed E-state index contributed by atoms with van der Waals surface area (Å²) in [7, 11) is 0. The van der Waals surface area contributed by atoms with Crippen molar-refractivity contribution in [2.45, 2.75) is 13.1 Å². The third-order valence-corrected chi connectivity index (χ3v) is 1.99. The second-order valence-corrected chi connectivity index (χ2v) is 2.70. The van der Waals surface area contributed by atoms with Crippen LogP contribution >= 0.6 is 0 Å². The number of hydrazine groups is 1. The molecule has 1 fully saturated rings. The predicted octanol–water partition coefficient (Wildman–Crippen LogP) is -1.22. The molecule has 1 rings (SSSR count). The Labute approximate surface area is 61.7 Å². The van der Waals surface area contributed by atoms with Gasteiger partial charge in [-0.1, -0.05) is 6.92 Å². The summed E-state index contributed by atoms with van der Waals surface area (Å²) in [6.07, 6.45) is 0.0219. The molecule has 0 aliphatic carbocycles. The molecule has 0 aromatic carbocycles. The van der Waals surface area contributed by atoms with Gasteiger partial charge < -0.3 is 5.73 Å². The SMILES string of the molecule is CCN1CCN(N)C(N)C1. The molecule has 0 saturated carbocycles. The molecule has 1 atom stereocenters.